The van der Waals surface area contributed by atoms with E-state index in [0.717, 1.165) is 5.01 Å². The van der Waals surface area contributed by atoms with E-state index < -0.39 is 11.3 Å². The van der Waals surface area contributed by atoms with E-state index in [1.54, 1.807) is 5.38 Å². The standard InChI is InChI=1S/C7H8ClNO2S/c1-4-9-5(3-12-4)6(8)7(10)11-2/h3,6H,1-2H3. The third kappa shape index (κ3) is 1.95. The molecule has 1 aromatic heterocycles. The van der Waals surface area contributed by atoms with E-state index in [0.29, 0.717) is 5.69 Å². The highest BCUT2D eigenvalue weighted by molar-refractivity contribution is 7.09. The van der Waals surface area contributed by atoms with Crippen LogP contribution in [0.15, 0.2) is 5.38 Å². The van der Waals surface area contributed by atoms with Crippen molar-refractivity contribution < 1.29 is 9.53 Å². The van der Waals surface area contributed by atoms with E-state index in [2.05, 4.69) is 9.72 Å². The molecule has 3 nitrogen and oxygen atoms in total. The number of methoxy groups -OCH3 is 1. The SMILES string of the molecule is COC(=O)C(Cl)c1csc(C)n1. The summed E-state index contributed by atoms with van der Waals surface area (Å²) in [6.45, 7) is 1.86. The lowest BCUT2D eigenvalue weighted by Gasteiger charge is -2.02. The van der Waals surface area contributed by atoms with Crippen molar-refractivity contribution in [3.63, 3.8) is 0 Å². The maximum atomic E-state index is 10.9. The minimum atomic E-state index is -0.778. The highest BCUT2D eigenvalue weighted by Gasteiger charge is 2.20. The summed E-state index contributed by atoms with van der Waals surface area (Å²) >= 11 is 7.20. The van der Waals surface area contributed by atoms with Gasteiger partial charge < -0.3 is 4.74 Å². The lowest BCUT2D eigenvalue weighted by Crippen LogP contribution is -2.08. The van der Waals surface area contributed by atoms with E-state index in [1.807, 2.05) is 6.92 Å². The number of alkyl halides is 1. The van der Waals surface area contributed by atoms with Gasteiger partial charge in [0.25, 0.3) is 0 Å². The fraction of sp³-hybridized carbons (Fsp3) is 0.429. The first-order valence-corrected chi connectivity index (χ1v) is 4.60. The number of nitrogens with zero attached hydrogens (tertiary/aromatic N) is 1. The van der Waals surface area contributed by atoms with Gasteiger partial charge in [-0.05, 0) is 6.92 Å². The Morgan fingerprint density at radius 1 is 1.83 bits per heavy atom. The maximum absolute atomic E-state index is 10.9. The fourth-order valence-electron chi connectivity index (χ4n) is 0.721. The molecule has 0 aliphatic heterocycles. The summed E-state index contributed by atoms with van der Waals surface area (Å²) in [5.74, 6) is -0.470. The number of thiazole rings is 1. The molecule has 0 spiro atoms. The summed E-state index contributed by atoms with van der Waals surface area (Å²) in [6, 6.07) is 0. The minimum absolute atomic E-state index is 0.470. The van der Waals surface area contributed by atoms with Crippen LogP contribution in [0.25, 0.3) is 0 Å². The van der Waals surface area contributed by atoms with Crippen molar-refractivity contribution in [1.82, 2.24) is 4.98 Å². The molecule has 0 aromatic carbocycles. The fourth-order valence-corrected chi connectivity index (χ4v) is 1.63. The van der Waals surface area contributed by atoms with Crippen LogP contribution in [0.4, 0.5) is 0 Å². The Balaban J connectivity index is 2.77. The highest BCUT2D eigenvalue weighted by Crippen LogP contribution is 2.22. The third-order valence-corrected chi connectivity index (χ3v) is 2.50. The van der Waals surface area contributed by atoms with E-state index in [1.165, 1.54) is 18.4 Å². The minimum Gasteiger partial charge on any atom is -0.468 e. The van der Waals surface area contributed by atoms with Crippen molar-refractivity contribution in [2.75, 3.05) is 7.11 Å². The summed E-state index contributed by atoms with van der Waals surface area (Å²) in [4.78, 5) is 15.0. The molecule has 1 aromatic rings. The number of aryl methyl sites for hydroxylation is 1. The summed E-state index contributed by atoms with van der Waals surface area (Å²) in [7, 11) is 1.30. The summed E-state index contributed by atoms with van der Waals surface area (Å²) in [6.07, 6.45) is 0. The average Bonchev–Trinajstić information content (AvgIpc) is 2.49. The molecule has 1 atom stereocenters. The Hall–Kier alpha value is -0.610. The van der Waals surface area contributed by atoms with Gasteiger partial charge in [-0.15, -0.1) is 22.9 Å². The number of ether oxygens (including phenoxy) is 1. The van der Waals surface area contributed by atoms with Gasteiger partial charge in [0, 0.05) is 5.38 Å². The van der Waals surface area contributed by atoms with Gasteiger partial charge in [0.1, 0.15) is 0 Å². The van der Waals surface area contributed by atoms with Gasteiger partial charge in [-0.3, -0.25) is 4.79 Å². The molecule has 5 heteroatoms. The molecule has 0 saturated carbocycles. The number of halogens is 1. The molecule has 0 amide bonds. The number of carbonyl (C=O) groups excluding carboxylic acids is 1. The Kier molecular flexibility index (Phi) is 3.05. The van der Waals surface area contributed by atoms with E-state index in [-0.39, 0.29) is 0 Å². The van der Waals surface area contributed by atoms with Gasteiger partial charge in [-0.1, -0.05) is 0 Å². The molecule has 0 radical (unpaired) electrons. The van der Waals surface area contributed by atoms with Crippen molar-refractivity contribution in [3.05, 3.63) is 16.1 Å². The molecule has 0 N–H and O–H groups in total. The average molecular weight is 206 g/mol. The van der Waals surface area contributed by atoms with Crippen LogP contribution in [0, 0.1) is 6.92 Å². The Labute approximate surface area is 79.3 Å². The van der Waals surface area contributed by atoms with E-state index >= 15 is 0 Å². The second kappa shape index (κ2) is 3.87. The lowest BCUT2D eigenvalue weighted by atomic mass is 10.3. The van der Waals surface area contributed by atoms with Gasteiger partial charge in [0.15, 0.2) is 5.38 Å². The molecule has 66 valence electrons. The van der Waals surface area contributed by atoms with Crippen molar-refractivity contribution in [3.8, 4) is 0 Å². The molecular formula is C7H8ClNO2S. The molecular weight excluding hydrogens is 198 g/mol. The summed E-state index contributed by atoms with van der Waals surface area (Å²) < 4.78 is 4.47. The topological polar surface area (TPSA) is 39.2 Å². The van der Waals surface area contributed by atoms with E-state index in [9.17, 15) is 4.79 Å². The van der Waals surface area contributed by atoms with Crippen LogP contribution < -0.4 is 0 Å². The largest absolute Gasteiger partial charge is 0.468 e. The maximum Gasteiger partial charge on any atom is 0.330 e. The zero-order chi connectivity index (χ0) is 9.14. The van der Waals surface area contributed by atoms with Crippen LogP contribution in [0.2, 0.25) is 0 Å². The first-order valence-electron chi connectivity index (χ1n) is 3.29. The normalized spacial score (nSPS) is 12.6. The van der Waals surface area contributed by atoms with Crippen LogP contribution in [-0.2, 0) is 9.53 Å². The predicted octanol–water partition coefficient (Wildman–Crippen LogP) is 1.90. The number of esters is 1. The molecule has 1 heterocycles. The number of hydrogen-bond donors (Lipinski definition) is 0. The molecule has 12 heavy (non-hydrogen) atoms. The number of rotatable bonds is 2. The predicted molar refractivity (Wildman–Crippen MR) is 47.5 cm³/mol. The molecule has 0 fully saturated rings. The Morgan fingerprint density at radius 3 is 2.92 bits per heavy atom. The number of aromatic nitrogens is 1. The second-order valence-electron chi connectivity index (χ2n) is 2.18. The molecule has 0 bridgehead atoms. The van der Waals surface area contributed by atoms with Crippen molar-refractivity contribution in [2.24, 2.45) is 0 Å². The van der Waals surface area contributed by atoms with Crippen LogP contribution in [0.5, 0.6) is 0 Å². The van der Waals surface area contributed by atoms with Gasteiger partial charge in [-0.2, -0.15) is 0 Å². The molecule has 0 aliphatic rings. The van der Waals surface area contributed by atoms with Crippen molar-refractivity contribution in [2.45, 2.75) is 12.3 Å². The zero-order valence-electron chi connectivity index (χ0n) is 6.70. The van der Waals surface area contributed by atoms with Crippen LogP contribution in [0.1, 0.15) is 16.1 Å². The molecule has 0 saturated heterocycles. The first kappa shape index (κ1) is 9.48. The summed E-state index contributed by atoms with van der Waals surface area (Å²) in [5.41, 5.74) is 0.561. The van der Waals surface area contributed by atoms with E-state index in [4.69, 9.17) is 11.6 Å². The lowest BCUT2D eigenvalue weighted by molar-refractivity contribution is -0.140. The monoisotopic (exact) mass is 205 g/mol. The zero-order valence-corrected chi connectivity index (χ0v) is 8.28. The molecule has 1 unspecified atom stereocenters. The van der Waals surface area contributed by atoms with Crippen LogP contribution >= 0.6 is 22.9 Å². The Morgan fingerprint density at radius 2 is 2.50 bits per heavy atom. The molecule has 0 aliphatic carbocycles. The van der Waals surface area contributed by atoms with Crippen LogP contribution in [-0.4, -0.2) is 18.1 Å². The van der Waals surface area contributed by atoms with Crippen LogP contribution in [0.3, 0.4) is 0 Å². The van der Waals surface area contributed by atoms with Gasteiger partial charge in [0.05, 0.1) is 17.8 Å². The number of carbonyl (C=O) groups is 1. The first-order chi connectivity index (χ1) is 5.65. The quantitative estimate of drug-likeness (QED) is 0.547. The summed E-state index contributed by atoms with van der Waals surface area (Å²) in [5, 5.41) is 1.86. The van der Waals surface area contributed by atoms with Crippen molar-refractivity contribution >= 4 is 28.9 Å². The van der Waals surface area contributed by atoms with Crippen molar-refractivity contribution in [1.29, 1.82) is 0 Å². The van der Waals surface area contributed by atoms with Gasteiger partial charge in [-0.25, -0.2) is 4.98 Å². The highest BCUT2D eigenvalue weighted by atomic mass is 35.5. The van der Waals surface area contributed by atoms with Gasteiger partial charge >= 0.3 is 5.97 Å². The van der Waals surface area contributed by atoms with Gasteiger partial charge in [0.2, 0.25) is 0 Å². The second-order valence-corrected chi connectivity index (χ2v) is 3.68. The smallest absolute Gasteiger partial charge is 0.330 e. The molecule has 1 rings (SSSR count). The number of hydrogen-bond acceptors (Lipinski definition) is 4. The Bertz CT molecular complexity index is 287. The third-order valence-electron chi connectivity index (χ3n) is 1.30.